The van der Waals surface area contributed by atoms with Crippen LogP contribution in [-0.4, -0.2) is 24.0 Å². The van der Waals surface area contributed by atoms with Gasteiger partial charge < -0.3 is 4.90 Å². The first-order valence-corrected chi connectivity index (χ1v) is 4.12. The highest BCUT2D eigenvalue weighted by Crippen LogP contribution is 2.12. The fourth-order valence-corrected chi connectivity index (χ4v) is 1.66. The van der Waals surface area contributed by atoms with Crippen LogP contribution in [0.2, 0.25) is 0 Å². The second-order valence-electron chi connectivity index (χ2n) is 2.60. The zero-order valence-corrected chi connectivity index (χ0v) is 7.40. The molecule has 0 aliphatic carbocycles. The fourth-order valence-electron chi connectivity index (χ4n) is 0.765. The molecule has 0 aliphatic rings. The molecular formula is C7H12N2S. The Morgan fingerprint density at radius 1 is 1.60 bits per heavy atom. The normalized spacial score (nSPS) is 10.8. The van der Waals surface area contributed by atoms with Crippen LogP contribution in [0.25, 0.3) is 0 Å². The van der Waals surface area contributed by atoms with E-state index < -0.39 is 0 Å². The summed E-state index contributed by atoms with van der Waals surface area (Å²) in [5.41, 5.74) is 3.06. The molecule has 0 amide bonds. The summed E-state index contributed by atoms with van der Waals surface area (Å²) in [5, 5.41) is 0. The van der Waals surface area contributed by atoms with Crippen LogP contribution in [-0.2, 0) is 6.54 Å². The molecule has 0 radical (unpaired) electrons. The average molecular weight is 156 g/mol. The van der Waals surface area contributed by atoms with Crippen molar-refractivity contribution >= 4 is 11.3 Å². The molecule has 3 heteroatoms. The van der Waals surface area contributed by atoms with Crippen molar-refractivity contribution in [3.8, 4) is 0 Å². The van der Waals surface area contributed by atoms with Gasteiger partial charge in [-0.15, -0.1) is 11.3 Å². The van der Waals surface area contributed by atoms with Crippen molar-refractivity contribution in [2.75, 3.05) is 14.1 Å². The van der Waals surface area contributed by atoms with E-state index in [1.165, 1.54) is 10.6 Å². The largest absolute Gasteiger partial charge is 0.304 e. The van der Waals surface area contributed by atoms with E-state index >= 15 is 0 Å². The molecule has 0 fully saturated rings. The van der Waals surface area contributed by atoms with Gasteiger partial charge in [0.2, 0.25) is 0 Å². The number of nitrogens with zero attached hydrogens (tertiary/aromatic N) is 2. The van der Waals surface area contributed by atoms with E-state index in [1.54, 1.807) is 11.3 Å². The third kappa shape index (κ3) is 1.78. The number of hydrogen-bond donors (Lipinski definition) is 0. The molecule has 0 spiro atoms. The molecule has 0 saturated heterocycles. The molecule has 0 aliphatic heterocycles. The monoisotopic (exact) mass is 156 g/mol. The molecule has 0 unspecified atom stereocenters. The zero-order chi connectivity index (χ0) is 7.56. The van der Waals surface area contributed by atoms with E-state index in [2.05, 4.69) is 30.9 Å². The summed E-state index contributed by atoms with van der Waals surface area (Å²) in [6.07, 6.45) is 0. The molecule has 1 aromatic heterocycles. The van der Waals surface area contributed by atoms with Gasteiger partial charge >= 0.3 is 0 Å². The Morgan fingerprint density at radius 2 is 2.30 bits per heavy atom. The highest BCUT2D eigenvalue weighted by Gasteiger charge is 2.00. The summed E-state index contributed by atoms with van der Waals surface area (Å²) in [7, 11) is 4.14. The molecule has 1 aromatic rings. The molecule has 10 heavy (non-hydrogen) atoms. The van der Waals surface area contributed by atoms with Crippen molar-refractivity contribution in [2.24, 2.45) is 0 Å². The van der Waals surface area contributed by atoms with E-state index in [0.717, 1.165) is 6.54 Å². The van der Waals surface area contributed by atoms with Crippen LogP contribution in [0, 0.1) is 6.92 Å². The lowest BCUT2D eigenvalue weighted by Crippen LogP contribution is -2.10. The summed E-state index contributed by atoms with van der Waals surface area (Å²) in [6, 6.07) is 0. The number of aryl methyl sites for hydroxylation is 1. The fraction of sp³-hybridized carbons (Fsp3) is 0.571. The van der Waals surface area contributed by atoms with Crippen molar-refractivity contribution in [3.63, 3.8) is 0 Å². The van der Waals surface area contributed by atoms with Gasteiger partial charge in [-0.25, -0.2) is 4.98 Å². The predicted molar refractivity (Wildman–Crippen MR) is 44.2 cm³/mol. The van der Waals surface area contributed by atoms with Crippen molar-refractivity contribution in [1.29, 1.82) is 0 Å². The van der Waals surface area contributed by atoms with Crippen LogP contribution in [0.5, 0.6) is 0 Å². The molecule has 0 saturated carbocycles. The van der Waals surface area contributed by atoms with Crippen LogP contribution in [0.4, 0.5) is 0 Å². The van der Waals surface area contributed by atoms with E-state index in [-0.39, 0.29) is 0 Å². The third-order valence-corrected chi connectivity index (χ3v) is 2.22. The van der Waals surface area contributed by atoms with Crippen LogP contribution in [0.1, 0.15) is 10.6 Å². The Kier molecular flexibility index (Phi) is 2.40. The summed E-state index contributed by atoms with van der Waals surface area (Å²) in [4.78, 5) is 7.68. The van der Waals surface area contributed by atoms with E-state index in [0.29, 0.717) is 0 Å². The molecule has 0 N–H and O–H groups in total. The summed E-state index contributed by atoms with van der Waals surface area (Å²) in [5.74, 6) is 0. The van der Waals surface area contributed by atoms with Crippen LogP contribution in [0.15, 0.2) is 5.51 Å². The second kappa shape index (κ2) is 3.12. The highest BCUT2D eigenvalue weighted by molar-refractivity contribution is 7.09. The Balaban J connectivity index is 2.65. The summed E-state index contributed by atoms with van der Waals surface area (Å²) < 4.78 is 0. The lowest BCUT2D eigenvalue weighted by molar-refractivity contribution is 0.405. The first-order valence-electron chi connectivity index (χ1n) is 3.24. The lowest BCUT2D eigenvalue weighted by atomic mass is 10.4. The van der Waals surface area contributed by atoms with E-state index in [4.69, 9.17) is 0 Å². The average Bonchev–Trinajstić information content (AvgIpc) is 2.15. The van der Waals surface area contributed by atoms with Gasteiger partial charge in [0.25, 0.3) is 0 Å². The van der Waals surface area contributed by atoms with Gasteiger partial charge in [0, 0.05) is 11.4 Å². The van der Waals surface area contributed by atoms with Crippen molar-refractivity contribution in [2.45, 2.75) is 13.5 Å². The molecule has 0 bridgehead atoms. The topological polar surface area (TPSA) is 16.1 Å². The summed E-state index contributed by atoms with van der Waals surface area (Å²) >= 11 is 1.73. The predicted octanol–water partition coefficient (Wildman–Crippen LogP) is 1.51. The minimum Gasteiger partial charge on any atom is -0.304 e. The molecule has 0 aromatic carbocycles. The SMILES string of the molecule is Cc1ncsc1CN(C)C. The first-order chi connectivity index (χ1) is 4.70. The number of hydrogen-bond acceptors (Lipinski definition) is 3. The molecular weight excluding hydrogens is 144 g/mol. The van der Waals surface area contributed by atoms with Crippen molar-refractivity contribution in [3.05, 3.63) is 16.1 Å². The standard InChI is InChI=1S/C7H12N2S/c1-6-7(4-9(2)3)10-5-8-6/h5H,4H2,1-3H3. The van der Waals surface area contributed by atoms with Crippen LogP contribution < -0.4 is 0 Å². The summed E-state index contributed by atoms with van der Waals surface area (Å²) in [6.45, 7) is 3.06. The third-order valence-electron chi connectivity index (χ3n) is 1.30. The van der Waals surface area contributed by atoms with Gasteiger partial charge in [0.1, 0.15) is 0 Å². The Morgan fingerprint density at radius 3 is 2.70 bits per heavy atom. The molecule has 1 rings (SSSR count). The molecule has 0 atom stereocenters. The van der Waals surface area contributed by atoms with Crippen molar-refractivity contribution in [1.82, 2.24) is 9.88 Å². The van der Waals surface area contributed by atoms with Crippen LogP contribution in [0.3, 0.4) is 0 Å². The maximum atomic E-state index is 4.16. The van der Waals surface area contributed by atoms with E-state index in [9.17, 15) is 0 Å². The van der Waals surface area contributed by atoms with Gasteiger partial charge in [0.15, 0.2) is 0 Å². The number of thiazole rings is 1. The lowest BCUT2D eigenvalue weighted by Gasteiger charge is -2.06. The smallest absolute Gasteiger partial charge is 0.0798 e. The van der Waals surface area contributed by atoms with Crippen LogP contribution >= 0.6 is 11.3 Å². The van der Waals surface area contributed by atoms with E-state index in [1.807, 2.05) is 5.51 Å². The minimum absolute atomic E-state index is 1.01. The number of aromatic nitrogens is 1. The maximum Gasteiger partial charge on any atom is 0.0798 e. The number of rotatable bonds is 2. The van der Waals surface area contributed by atoms with Gasteiger partial charge in [-0.05, 0) is 21.0 Å². The first kappa shape index (κ1) is 7.69. The Hall–Kier alpha value is -0.410. The molecule has 56 valence electrons. The van der Waals surface area contributed by atoms with Gasteiger partial charge in [-0.1, -0.05) is 0 Å². The second-order valence-corrected chi connectivity index (χ2v) is 3.54. The van der Waals surface area contributed by atoms with Crippen molar-refractivity contribution < 1.29 is 0 Å². The van der Waals surface area contributed by atoms with Gasteiger partial charge in [0.05, 0.1) is 11.2 Å². The van der Waals surface area contributed by atoms with Gasteiger partial charge in [-0.3, -0.25) is 0 Å². The maximum absolute atomic E-state index is 4.16. The highest BCUT2D eigenvalue weighted by atomic mass is 32.1. The molecule has 2 nitrogen and oxygen atoms in total. The van der Waals surface area contributed by atoms with Gasteiger partial charge in [-0.2, -0.15) is 0 Å². The molecule has 1 heterocycles. The quantitative estimate of drug-likeness (QED) is 0.645. The Bertz CT molecular complexity index is 205. The Labute approximate surface area is 65.5 Å². The zero-order valence-electron chi connectivity index (χ0n) is 6.59. The minimum atomic E-state index is 1.01.